The minimum atomic E-state index is -0.370. The monoisotopic (exact) mass is 567 g/mol. The number of fused-ring (bicyclic) bond motifs is 2. The number of carbonyl (C=O) groups excluding carboxylic acids is 1. The summed E-state index contributed by atoms with van der Waals surface area (Å²) in [7, 11) is 5.44. The number of hydrogen-bond acceptors (Lipinski definition) is 5. The quantitative estimate of drug-likeness (QED) is 0.261. The number of hydrogen-bond donors (Lipinski definition) is 1. The lowest BCUT2D eigenvalue weighted by Gasteiger charge is -2.18. The minimum absolute atomic E-state index is 0.308. The SMILES string of the molecule is CNC(=O)c1c(-c2ccc(F)cc2)oc2cc(N(C)C)c(-c3cc(Cl)cc(-c4nc5c(o4)=CC=CCCC=5)c3)cc12. The van der Waals surface area contributed by atoms with Crippen molar-refractivity contribution in [2.24, 2.45) is 0 Å². The molecule has 0 saturated carbocycles. The molecule has 3 aromatic carbocycles. The van der Waals surface area contributed by atoms with Crippen LogP contribution in [0.3, 0.4) is 0 Å². The minimum Gasteiger partial charge on any atom is -0.455 e. The highest BCUT2D eigenvalue weighted by molar-refractivity contribution is 6.31. The molecule has 2 heterocycles. The largest absolute Gasteiger partial charge is 0.455 e. The maximum Gasteiger partial charge on any atom is 0.255 e. The van der Waals surface area contributed by atoms with Crippen molar-refractivity contribution in [3.63, 3.8) is 0 Å². The number of carbonyl (C=O) groups is 1. The van der Waals surface area contributed by atoms with E-state index >= 15 is 0 Å². The van der Waals surface area contributed by atoms with Gasteiger partial charge in [0, 0.05) is 60.0 Å². The predicted octanol–water partition coefficient (Wildman–Crippen LogP) is 6.55. The zero-order valence-electron chi connectivity index (χ0n) is 22.8. The van der Waals surface area contributed by atoms with Crippen LogP contribution >= 0.6 is 11.6 Å². The second kappa shape index (κ2) is 10.7. The van der Waals surface area contributed by atoms with Gasteiger partial charge < -0.3 is 19.1 Å². The summed E-state index contributed by atoms with van der Waals surface area (Å²) in [4.78, 5) is 19.9. The number of nitrogens with zero attached hydrogens (tertiary/aromatic N) is 2. The third-order valence-electron chi connectivity index (χ3n) is 7.04. The maximum atomic E-state index is 13.7. The molecular weight excluding hydrogens is 541 g/mol. The molecule has 0 spiro atoms. The van der Waals surface area contributed by atoms with Crippen molar-refractivity contribution in [2.75, 3.05) is 26.0 Å². The fourth-order valence-electron chi connectivity index (χ4n) is 5.06. The number of nitrogens with one attached hydrogen (secondary N) is 1. The Bertz CT molecular complexity index is 1950. The van der Waals surface area contributed by atoms with Gasteiger partial charge in [0.05, 0.1) is 5.56 Å². The Morgan fingerprint density at radius 3 is 2.54 bits per heavy atom. The van der Waals surface area contributed by atoms with Gasteiger partial charge in [-0.05, 0) is 73.0 Å². The van der Waals surface area contributed by atoms with E-state index in [1.165, 1.54) is 12.1 Å². The van der Waals surface area contributed by atoms with Gasteiger partial charge in [0.1, 0.15) is 22.5 Å². The highest BCUT2D eigenvalue weighted by Gasteiger charge is 2.24. The van der Waals surface area contributed by atoms with Gasteiger partial charge in [-0.25, -0.2) is 9.37 Å². The van der Waals surface area contributed by atoms with Gasteiger partial charge in [0.2, 0.25) is 5.89 Å². The first-order valence-electron chi connectivity index (χ1n) is 13.2. The summed E-state index contributed by atoms with van der Waals surface area (Å²) in [6, 6.07) is 15.4. The molecule has 1 aliphatic rings. The van der Waals surface area contributed by atoms with E-state index in [0.29, 0.717) is 44.2 Å². The molecule has 0 unspecified atom stereocenters. The van der Waals surface area contributed by atoms with E-state index < -0.39 is 0 Å². The van der Waals surface area contributed by atoms with Crippen LogP contribution in [-0.4, -0.2) is 32.0 Å². The van der Waals surface area contributed by atoms with Crippen molar-refractivity contribution < 1.29 is 18.0 Å². The van der Waals surface area contributed by atoms with Crippen molar-refractivity contribution >= 4 is 46.3 Å². The highest BCUT2D eigenvalue weighted by Crippen LogP contribution is 2.41. The van der Waals surface area contributed by atoms with E-state index in [1.807, 2.05) is 61.5 Å². The molecule has 2 aromatic heterocycles. The first-order valence-corrected chi connectivity index (χ1v) is 13.6. The first-order chi connectivity index (χ1) is 19.8. The van der Waals surface area contributed by atoms with E-state index in [1.54, 1.807) is 19.2 Å². The van der Waals surface area contributed by atoms with Gasteiger partial charge in [-0.1, -0.05) is 29.8 Å². The molecule has 5 aromatic rings. The molecule has 41 heavy (non-hydrogen) atoms. The summed E-state index contributed by atoms with van der Waals surface area (Å²) >= 11 is 6.66. The Kier molecular flexibility index (Phi) is 6.97. The summed E-state index contributed by atoms with van der Waals surface area (Å²) in [6.45, 7) is 0. The molecule has 1 N–H and O–H groups in total. The molecule has 1 aliphatic carbocycles. The highest BCUT2D eigenvalue weighted by atomic mass is 35.5. The molecule has 0 saturated heterocycles. The predicted molar refractivity (Wildman–Crippen MR) is 162 cm³/mol. The van der Waals surface area contributed by atoms with Crippen LogP contribution in [0.5, 0.6) is 0 Å². The average molecular weight is 568 g/mol. The number of benzene rings is 3. The summed E-state index contributed by atoms with van der Waals surface area (Å²) in [5.74, 6) is 0.163. The number of allylic oxidation sites excluding steroid dienone is 2. The number of anilines is 1. The molecule has 1 amide bonds. The van der Waals surface area contributed by atoms with E-state index in [2.05, 4.69) is 17.5 Å². The second-order valence-corrected chi connectivity index (χ2v) is 10.5. The van der Waals surface area contributed by atoms with Crippen LogP contribution in [0.4, 0.5) is 10.1 Å². The molecule has 206 valence electrons. The Morgan fingerprint density at radius 1 is 1.00 bits per heavy atom. The molecule has 0 radical (unpaired) electrons. The average Bonchev–Trinajstić information content (AvgIpc) is 3.52. The first kappa shape index (κ1) is 26.6. The Labute approximate surface area is 241 Å². The van der Waals surface area contributed by atoms with E-state index in [9.17, 15) is 9.18 Å². The van der Waals surface area contributed by atoms with Crippen LogP contribution in [0.1, 0.15) is 23.2 Å². The number of amides is 1. The van der Waals surface area contributed by atoms with Gasteiger partial charge in [0.25, 0.3) is 5.91 Å². The molecule has 0 fully saturated rings. The summed E-state index contributed by atoms with van der Waals surface area (Å²) in [6.07, 6.45) is 9.91. The lowest BCUT2D eigenvalue weighted by molar-refractivity contribution is 0.0964. The summed E-state index contributed by atoms with van der Waals surface area (Å²) < 4.78 is 26.0. The zero-order chi connectivity index (χ0) is 28.7. The third-order valence-corrected chi connectivity index (χ3v) is 7.26. The second-order valence-electron chi connectivity index (χ2n) is 10.0. The standard InChI is InChI=1S/C33H27ClFN3O3/c1-36-32(39)30-25-17-24(27(38(2)3)18-29(25)40-31(30)19-10-12-23(35)13-11-19)20-14-21(16-22(34)15-20)33-37-26-8-6-4-5-7-9-28(26)41-33/h5,7-18H,4,6H2,1-3H3,(H,36,39). The molecule has 0 atom stereocenters. The van der Waals surface area contributed by atoms with Crippen LogP contribution in [0.25, 0.3) is 57.0 Å². The fraction of sp³-hybridized carbons (Fsp3) is 0.152. The molecule has 6 rings (SSSR count). The molecular formula is C33H27ClFN3O3. The fourth-order valence-corrected chi connectivity index (χ4v) is 5.29. The van der Waals surface area contributed by atoms with Crippen molar-refractivity contribution in [3.05, 3.63) is 93.9 Å². The van der Waals surface area contributed by atoms with Gasteiger partial charge >= 0.3 is 0 Å². The van der Waals surface area contributed by atoms with Crippen molar-refractivity contribution in [3.8, 4) is 33.9 Å². The number of oxazole rings is 1. The van der Waals surface area contributed by atoms with E-state index in [4.69, 9.17) is 25.4 Å². The molecule has 6 nitrogen and oxygen atoms in total. The molecule has 8 heteroatoms. The normalized spacial score (nSPS) is 12.7. The van der Waals surface area contributed by atoms with Crippen molar-refractivity contribution in [1.82, 2.24) is 10.3 Å². The Hall–Kier alpha value is -4.62. The molecule has 0 aliphatic heterocycles. The van der Waals surface area contributed by atoms with Crippen LogP contribution < -0.4 is 21.0 Å². The number of rotatable bonds is 5. The van der Waals surface area contributed by atoms with Crippen LogP contribution in [-0.2, 0) is 0 Å². The van der Waals surface area contributed by atoms with Crippen molar-refractivity contribution in [2.45, 2.75) is 12.8 Å². The Morgan fingerprint density at radius 2 is 1.78 bits per heavy atom. The van der Waals surface area contributed by atoms with Gasteiger partial charge in [-0.3, -0.25) is 4.79 Å². The van der Waals surface area contributed by atoms with Crippen molar-refractivity contribution in [1.29, 1.82) is 0 Å². The van der Waals surface area contributed by atoms with Gasteiger partial charge in [0.15, 0.2) is 5.42 Å². The van der Waals surface area contributed by atoms with E-state index in [-0.39, 0.29) is 11.7 Å². The third kappa shape index (κ3) is 5.05. The van der Waals surface area contributed by atoms with Crippen LogP contribution in [0.15, 0.2) is 75.6 Å². The lowest BCUT2D eigenvalue weighted by Crippen LogP contribution is -2.21. The number of halogens is 2. The smallest absolute Gasteiger partial charge is 0.255 e. The number of aromatic nitrogens is 1. The Balaban J connectivity index is 1.57. The zero-order valence-corrected chi connectivity index (χ0v) is 23.6. The van der Waals surface area contributed by atoms with Gasteiger partial charge in [-0.15, -0.1) is 0 Å². The molecule has 0 bridgehead atoms. The maximum absolute atomic E-state index is 13.7. The lowest BCUT2D eigenvalue weighted by atomic mass is 9.97. The summed E-state index contributed by atoms with van der Waals surface area (Å²) in [5.41, 5.74) is 5.47. The van der Waals surface area contributed by atoms with E-state index in [0.717, 1.165) is 40.6 Å². The topological polar surface area (TPSA) is 71.5 Å². The van der Waals surface area contributed by atoms with Gasteiger partial charge in [-0.2, -0.15) is 0 Å². The number of furan rings is 1. The van der Waals surface area contributed by atoms with Crippen LogP contribution in [0, 0.1) is 5.82 Å². The summed E-state index contributed by atoms with van der Waals surface area (Å²) in [5, 5.41) is 4.67. The van der Waals surface area contributed by atoms with Crippen LogP contribution in [0.2, 0.25) is 5.02 Å².